The van der Waals surface area contributed by atoms with Gasteiger partial charge in [-0.15, -0.1) is 11.3 Å². The van der Waals surface area contributed by atoms with E-state index in [4.69, 9.17) is 21.1 Å². The number of benzene rings is 1. The number of carbonyl (C=O) groups excluding carboxylic acids is 1. The summed E-state index contributed by atoms with van der Waals surface area (Å²) in [5.41, 5.74) is 1.15. The molecule has 1 aromatic carbocycles. The summed E-state index contributed by atoms with van der Waals surface area (Å²) in [6, 6.07) is 11.3. The molecular weight excluding hydrogens is 322 g/mol. The number of nitrogens with one attached hydrogen (secondary N) is 1. The first-order valence-corrected chi connectivity index (χ1v) is 8.02. The Hall–Kier alpha value is -1.56. The maximum absolute atomic E-state index is 11.8. The van der Waals surface area contributed by atoms with Gasteiger partial charge in [-0.05, 0) is 31.2 Å². The summed E-state index contributed by atoms with van der Waals surface area (Å²) in [5.74, 6) is 0.486. The topological polar surface area (TPSA) is 47.6 Å². The average Bonchev–Trinajstić information content (AvgIpc) is 2.94. The molecule has 0 bridgehead atoms. The van der Waals surface area contributed by atoms with Crippen molar-refractivity contribution >= 4 is 28.8 Å². The van der Waals surface area contributed by atoms with Gasteiger partial charge in [-0.1, -0.05) is 29.3 Å². The van der Waals surface area contributed by atoms with Crippen LogP contribution in [0.15, 0.2) is 36.4 Å². The number of amides is 1. The van der Waals surface area contributed by atoms with Crippen molar-refractivity contribution < 1.29 is 14.3 Å². The van der Waals surface area contributed by atoms with Crippen LogP contribution in [0.4, 0.5) is 0 Å². The lowest BCUT2D eigenvalue weighted by atomic mass is 10.2. The van der Waals surface area contributed by atoms with Crippen molar-refractivity contribution in [1.82, 2.24) is 5.32 Å². The van der Waals surface area contributed by atoms with E-state index in [1.165, 1.54) is 11.3 Å². The van der Waals surface area contributed by atoms with Gasteiger partial charge in [-0.3, -0.25) is 4.79 Å². The molecule has 1 atom stereocenters. The van der Waals surface area contributed by atoms with E-state index in [-0.39, 0.29) is 18.6 Å². The molecule has 6 heteroatoms. The normalized spacial score (nSPS) is 12.0. The number of thiophene rings is 1. The molecule has 1 unspecified atom stereocenters. The second kappa shape index (κ2) is 8.17. The largest absolute Gasteiger partial charge is 0.484 e. The molecule has 0 aliphatic carbocycles. The van der Waals surface area contributed by atoms with Crippen molar-refractivity contribution in [2.45, 2.75) is 13.0 Å². The van der Waals surface area contributed by atoms with Gasteiger partial charge in [-0.2, -0.15) is 0 Å². The van der Waals surface area contributed by atoms with Gasteiger partial charge in [0, 0.05) is 18.5 Å². The predicted octanol–water partition coefficient (Wildman–Crippen LogP) is 3.59. The summed E-state index contributed by atoms with van der Waals surface area (Å²) in [6.07, 6.45) is -0.208. The van der Waals surface area contributed by atoms with Crippen molar-refractivity contribution in [2.75, 3.05) is 20.3 Å². The monoisotopic (exact) mass is 339 g/mol. The highest BCUT2D eigenvalue weighted by molar-refractivity contribution is 7.16. The Labute approximate surface area is 139 Å². The van der Waals surface area contributed by atoms with E-state index in [9.17, 15) is 4.79 Å². The van der Waals surface area contributed by atoms with Crippen LogP contribution in [0.3, 0.4) is 0 Å². The maximum atomic E-state index is 11.8. The van der Waals surface area contributed by atoms with Gasteiger partial charge in [0.25, 0.3) is 5.91 Å². The molecule has 2 aromatic rings. The molecule has 0 saturated heterocycles. The second-order valence-electron chi connectivity index (χ2n) is 4.77. The predicted molar refractivity (Wildman–Crippen MR) is 88.8 cm³/mol. The molecule has 118 valence electrons. The molecule has 0 aliphatic heterocycles. The lowest BCUT2D eigenvalue weighted by Gasteiger charge is -2.14. The first-order chi connectivity index (χ1) is 10.6. The van der Waals surface area contributed by atoms with Gasteiger partial charge in [0.15, 0.2) is 6.61 Å². The van der Waals surface area contributed by atoms with E-state index in [2.05, 4.69) is 5.32 Å². The Balaban J connectivity index is 1.78. The van der Waals surface area contributed by atoms with Crippen LogP contribution in [0.2, 0.25) is 4.34 Å². The molecule has 1 heterocycles. The van der Waals surface area contributed by atoms with Crippen molar-refractivity contribution in [3.8, 4) is 5.75 Å². The van der Waals surface area contributed by atoms with Crippen LogP contribution in [-0.4, -0.2) is 26.2 Å². The Morgan fingerprint density at radius 3 is 2.59 bits per heavy atom. The number of halogens is 1. The van der Waals surface area contributed by atoms with Crippen LogP contribution in [0.1, 0.15) is 16.5 Å². The van der Waals surface area contributed by atoms with E-state index < -0.39 is 0 Å². The molecule has 1 amide bonds. The zero-order valence-corrected chi connectivity index (χ0v) is 14.0. The van der Waals surface area contributed by atoms with Crippen LogP contribution in [-0.2, 0) is 9.53 Å². The number of aryl methyl sites for hydroxylation is 1. The highest BCUT2D eigenvalue weighted by Gasteiger charge is 2.14. The van der Waals surface area contributed by atoms with Crippen molar-refractivity contribution in [3.05, 3.63) is 51.2 Å². The molecule has 0 aliphatic rings. The second-order valence-corrected chi connectivity index (χ2v) is 6.52. The van der Waals surface area contributed by atoms with E-state index in [0.29, 0.717) is 16.6 Å². The third kappa shape index (κ3) is 5.02. The van der Waals surface area contributed by atoms with Crippen molar-refractivity contribution in [2.24, 2.45) is 0 Å². The number of carbonyl (C=O) groups is 1. The summed E-state index contributed by atoms with van der Waals surface area (Å²) in [4.78, 5) is 12.8. The number of rotatable bonds is 7. The Morgan fingerprint density at radius 2 is 2.00 bits per heavy atom. The Bertz CT molecular complexity index is 612. The minimum Gasteiger partial charge on any atom is -0.484 e. The third-order valence-corrected chi connectivity index (χ3v) is 4.39. The Kier molecular flexibility index (Phi) is 6.24. The fourth-order valence-corrected chi connectivity index (χ4v) is 2.98. The van der Waals surface area contributed by atoms with Crippen LogP contribution < -0.4 is 10.1 Å². The van der Waals surface area contributed by atoms with Gasteiger partial charge in [0.2, 0.25) is 0 Å². The fraction of sp³-hybridized carbons (Fsp3) is 0.312. The number of hydrogen-bond donors (Lipinski definition) is 1. The van der Waals surface area contributed by atoms with E-state index >= 15 is 0 Å². The molecule has 0 saturated carbocycles. The zero-order chi connectivity index (χ0) is 15.9. The molecule has 4 nitrogen and oxygen atoms in total. The molecule has 22 heavy (non-hydrogen) atoms. The molecule has 0 fully saturated rings. The van der Waals surface area contributed by atoms with Crippen LogP contribution in [0, 0.1) is 6.92 Å². The first kappa shape index (κ1) is 16.8. The summed E-state index contributed by atoms with van der Waals surface area (Å²) < 4.78 is 11.5. The highest BCUT2D eigenvalue weighted by Crippen LogP contribution is 2.28. The summed E-state index contributed by atoms with van der Waals surface area (Å²) in [6.45, 7) is 2.35. The summed E-state index contributed by atoms with van der Waals surface area (Å²) in [7, 11) is 1.60. The lowest BCUT2D eigenvalue weighted by Crippen LogP contribution is -2.32. The first-order valence-electron chi connectivity index (χ1n) is 6.82. The average molecular weight is 340 g/mol. The molecule has 2 rings (SSSR count). The minimum absolute atomic E-state index is 0.0231. The molecule has 1 aromatic heterocycles. The highest BCUT2D eigenvalue weighted by atomic mass is 35.5. The smallest absolute Gasteiger partial charge is 0.258 e. The van der Waals surface area contributed by atoms with Gasteiger partial charge >= 0.3 is 0 Å². The SMILES string of the molecule is COC(CNC(=O)COc1ccc(C)cc1)c1ccc(Cl)s1. The number of hydrogen-bond acceptors (Lipinski definition) is 4. The lowest BCUT2D eigenvalue weighted by molar-refractivity contribution is -0.123. The fourth-order valence-electron chi connectivity index (χ4n) is 1.84. The quantitative estimate of drug-likeness (QED) is 0.838. The summed E-state index contributed by atoms with van der Waals surface area (Å²) in [5, 5.41) is 2.80. The number of ether oxygens (including phenoxy) is 2. The third-order valence-electron chi connectivity index (χ3n) is 3.07. The van der Waals surface area contributed by atoms with Crippen LogP contribution in [0.5, 0.6) is 5.75 Å². The van der Waals surface area contributed by atoms with Crippen LogP contribution >= 0.6 is 22.9 Å². The molecule has 1 N–H and O–H groups in total. The molecular formula is C16H18ClNO3S. The van der Waals surface area contributed by atoms with Crippen molar-refractivity contribution in [1.29, 1.82) is 0 Å². The standard InChI is InChI=1S/C16H18ClNO3S/c1-11-3-5-12(6-4-11)21-10-16(19)18-9-13(20-2)14-7-8-15(17)22-14/h3-8,13H,9-10H2,1-2H3,(H,18,19). The van der Waals surface area contributed by atoms with E-state index in [1.807, 2.05) is 43.3 Å². The van der Waals surface area contributed by atoms with E-state index in [1.54, 1.807) is 7.11 Å². The maximum Gasteiger partial charge on any atom is 0.258 e. The van der Waals surface area contributed by atoms with Gasteiger partial charge in [0.05, 0.1) is 4.34 Å². The summed E-state index contributed by atoms with van der Waals surface area (Å²) >= 11 is 7.35. The van der Waals surface area contributed by atoms with Crippen molar-refractivity contribution in [3.63, 3.8) is 0 Å². The van der Waals surface area contributed by atoms with E-state index in [0.717, 1.165) is 10.4 Å². The van der Waals surface area contributed by atoms with Gasteiger partial charge in [0.1, 0.15) is 11.9 Å². The van der Waals surface area contributed by atoms with Gasteiger partial charge in [-0.25, -0.2) is 0 Å². The molecule has 0 radical (unpaired) electrons. The van der Waals surface area contributed by atoms with Crippen LogP contribution in [0.25, 0.3) is 0 Å². The number of methoxy groups -OCH3 is 1. The minimum atomic E-state index is -0.208. The van der Waals surface area contributed by atoms with Gasteiger partial charge < -0.3 is 14.8 Å². The Morgan fingerprint density at radius 1 is 1.27 bits per heavy atom. The zero-order valence-electron chi connectivity index (χ0n) is 12.5. The molecule has 0 spiro atoms.